The van der Waals surface area contributed by atoms with Gasteiger partial charge in [-0.25, -0.2) is 4.98 Å². The molecule has 0 spiro atoms. The average molecular weight is 364 g/mol. The van der Waals surface area contributed by atoms with Gasteiger partial charge in [0, 0.05) is 24.7 Å². The fourth-order valence-corrected chi connectivity index (χ4v) is 4.44. The number of hydrogen-bond donors (Lipinski definition) is 1. The molecule has 1 saturated carbocycles. The molecule has 3 rings (SSSR count). The minimum Gasteiger partial charge on any atom is -0.382 e. The third-order valence-electron chi connectivity index (χ3n) is 5.92. The first-order valence-corrected chi connectivity index (χ1v) is 10.2. The molecule has 2 heterocycles. The Bertz CT molecular complexity index is 578. The number of ketones is 1. The van der Waals surface area contributed by atoms with E-state index in [-0.39, 0.29) is 11.6 Å². The Morgan fingerprint density at radius 1 is 1.16 bits per heavy atom. The first-order valence-electron chi connectivity index (χ1n) is 9.78. The second-order valence-corrected chi connectivity index (χ2v) is 8.21. The maximum atomic E-state index is 12.3. The van der Waals surface area contributed by atoms with E-state index in [1.165, 1.54) is 70.8 Å². The number of likely N-dealkylation sites (tertiary alicyclic amines) is 1. The van der Waals surface area contributed by atoms with Gasteiger partial charge in [-0.15, -0.1) is 0 Å². The van der Waals surface area contributed by atoms with E-state index in [2.05, 4.69) is 9.88 Å². The third-order valence-corrected chi connectivity index (χ3v) is 6.22. The topological polar surface area (TPSA) is 59.2 Å². The van der Waals surface area contributed by atoms with Gasteiger partial charge in [-0.3, -0.25) is 4.79 Å². The third kappa shape index (κ3) is 5.42. The van der Waals surface area contributed by atoms with Crippen LogP contribution in [0.25, 0.3) is 0 Å². The Morgan fingerprint density at radius 3 is 2.56 bits per heavy atom. The summed E-state index contributed by atoms with van der Waals surface area (Å²) in [5.74, 6) is 2.00. The van der Waals surface area contributed by atoms with Crippen LogP contribution in [0.15, 0.2) is 12.3 Å². The number of Topliss-reactive ketones (excluding diaryl/α,β-unsaturated/α-hetero) is 1. The predicted molar refractivity (Wildman–Crippen MR) is 103 cm³/mol. The van der Waals surface area contributed by atoms with Crippen molar-refractivity contribution in [2.75, 3.05) is 25.4 Å². The van der Waals surface area contributed by atoms with Crippen LogP contribution in [0.2, 0.25) is 5.02 Å². The molecular formula is C20H30ClN3O. The van der Waals surface area contributed by atoms with Gasteiger partial charge in [-0.2, -0.15) is 0 Å². The van der Waals surface area contributed by atoms with Gasteiger partial charge < -0.3 is 10.6 Å². The second-order valence-electron chi connectivity index (χ2n) is 7.80. The quantitative estimate of drug-likeness (QED) is 0.752. The number of nitrogens with zero attached hydrogens (tertiary/aromatic N) is 2. The number of nitrogen functional groups attached to an aromatic ring is 1. The summed E-state index contributed by atoms with van der Waals surface area (Å²) < 4.78 is 0. The summed E-state index contributed by atoms with van der Waals surface area (Å²) >= 11 is 5.96. The highest BCUT2D eigenvalue weighted by atomic mass is 35.5. The van der Waals surface area contributed by atoms with E-state index in [0.29, 0.717) is 22.9 Å². The van der Waals surface area contributed by atoms with Crippen molar-refractivity contribution in [2.24, 2.45) is 11.8 Å². The lowest BCUT2D eigenvalue weighted by Gasteiger charge is -2.35. The number of piperidine rings is 1. The number of nitrogens with two attached hydrogens (primary N) is 1. The van der Waals surface area contributed by atoms with Gasteiger partial charge in [0.25, 0.3) is 0 Å². The molecule has 0 amide bonds. The van der Waals surface area contributed by atoms with E-state index in [1.54, 1.807) is 6.07 Å². The second kappa shape index (κ2) is 9.00. The molecule has 1 aromatic rings. The highest BCUT2D eigenvalue weighted by molar-refractivity contribution is 6.33. The van der Waals surface area contributed by atoms with Crippen LogP contribution in [-0.4, -0.2) is 35.3 Å². The summed E-state index contributed by atoms with van der Waals surface area (Å²) in [6.45, 7) is 3.69. The summed E-state index contributed by atoms with van der Waals surface area (Å²) in [5.41, 5.74) is 6.18. The van der Waals surface area contributed by atoms with Crippen LogP contribution < -0.4 is 5.73 Å². The first-order chi connectivity index (χ1) is 12.1. The predicted octanol–water partition coefficient (Wildman–Crippen LogP) is 4.57. The Morgan fingerprint density at radius 2 is 1.88 bits per heavy atom. The molecule has 5 heteroatoms. The number of carbonyl (C=O) groups is 1. The Labute approximate surface area is 156 Å². The van der Waals surface area contributed by atoms with Crippen LogP contribution in [0.5, 0.6) is 0 Å². The lowest BCUT2D eigenvalue weighted by Crippen LogP contribution is -2.37. The molecule has 25 heavy (non-hydrogen) atoms. The van der Waals surface area contributed by atoms with Crippen molar-refractivity contribution in [3.63, 3.8) is 0 Å². The molecule has 2 N–H and O–H groups in total. The molecule has 1 aliphatic carbocycles. The van der Waals surface area contributed by atoms with Crippen LogP contribution in [-0.2, 0) is 0 Å². The van der Waals surface area contributed by atoms with Crippen molar-refractivity contribution in [3.05, 3.63) is 22.8 Å². The molecule has 0 radical (unpaired) electrons. The van der Waals surface area contributed by atoms with Crippen molar-refractivity contribution in [2.45, 2.75) is 57.8 Å². The molecule has 1 aromatic heterocycles. The summed E-state index contributed by atoms with van der Waals surface area (Å²) in [6, 6.07) is 1.64. The van der Waals surface area contributed by atoms with Crippen LogP contribution >= 0.6 is 11.6 Å². The fraction of sp³-hybridized carbons (Fsp3) is 0.700. The van der Waals surface area contributed by atoms with Crippen molar-refractivity contribution in [3.8, 4) is 0 Å². The van der Waals surface area contributed by atoms with E-state index in [1.807, 2.05) is 0 Å². The molecule has 0 bridgehead atoms. The average Bonchev–Trinajstić information content (AvgIpc) is 2.64. The monoisotopic (exact) mass is 363 g/mol. The summed E-state index contributed by atoms with van der Waals surface area (Å²) in [7, 11) is 0. The smallest absolute Gasteiger partial charge is 0.164 e. The van der Waals surface area contributed by atoms with Gasteiger partial charge in [-0.1, -0.05) is 30.9 Å². The molecule has 1 aliphatic heterocycles. The number of carbonyl (C=O) groups excluding carboxylic acids is 1. The number of aromatic nitrogens is 1. The largest absolute Gasteiger partial charge is 0.382 e. The summed E-state index contributed by atoms with van der Waals surface area (Å²) in [4.78, 5) is 19.0. The van der Waals surface area contributed by atoms with Gasteiger partial charge in [0.05, 0.1) is 5.02 Å². The lowest BCUT2D eigenvalue weighted by molar-refractivity contribution is 0.0956. The van der Waals surface area contributed by atoms with Crippen molar-refractivity contribution in [1.29, 1.82) is 0 Å². The van der Waals surface area contributed by atoms with E-state index in [9.17, 15) is 4.79 Å². The van der Waals surface area contributed by atoms with Crippen molar-refractivity contribution < 1.29 is 4.79 Å². The van der Waals surface area contributed by atoms with E-state index < -0.39 is 0 Å². The summed E-state index contributed by atoms with van der Waals surface area (Å²) in [6.07, 6.45) is 12.7. The zero-order chi connectivity index (χ0) is 17.6. The minimum absolute atomic E-state index is 0.124. The Kier molecular flexibility index (Phi) is 6.71. The molecule has 0 unspecified atom stereocenters. The maximum absolute atomic E-state index is 12.3. The SMILES string of the molecule is Nc1ncc(C(=O)CCC2CCN(CC3CCCCC3)CC2)cc1Cl. The standard InChI is InChI=1S/C20H30ClN3O/c21-18-12-17(13-23-20(18)22)19(25)7-6-15-8-10-24(11-9-15)14-16-4-2-1-3-5-16/h12-13,15-16H,1-11,14H2,(H2,22,23). The Balaban J connectivity index is 1.38. The van der Waals surface area contributed by atoms with Gasteiger partial charge in [0.2, 0.25) is 0 Å². The zero-order valence-electron chi connectivity index (χ0n) is 15.1. The Hall–Kier alpha value is -1.13. The van der Waals surface area contributed by atoms with Crippen molar-refractivity contribution >= 4 is 23.2 Å². The number of anilines is 1. The van der Waals surface area contributed by atoms with Gasteiger partial charge >= 0.3 is 0 Å². The molecule has 2 aliphatic rings. The van der Waals surface area contributed by atoms with Gasteiger partial charge in [0.1, 0.15) is 5.82 Å². The van der Waals surface area contributed by atoms with E-state index >= 15 is 0 Å². The van der Waals surface area contributed by atoms with Gasteiger partial charge in [0.15, 0.2) is 5.78 Å². The molecule has 2 fully saturated rings. The van der Waals surface area contributed by atoms with Crippen LogP contribution in [0.1, 0.15) is 68.1 Å². The molecule has 0 aromatic carbocycles. The summed E-state index contributed by atoms with van der Waals surface area (Å²) in [5, 5.41) is 0.363. The lowest BCUT2D eigenvalue weighted by atomic mass is 9.87. The molecular weight excluding hydrogens is 334 g/mol. The molecule has 138 valence electrons. The van der Waals surface area contributed by atoms with Crippen molar-refractivity contribution in [1.82, 2.24) is 9.88 Å². The molecule has 4 nitrogen and oxygen atoms in total. The number of rotatable bonds is 6. The zero-order valence-corrected chi connectivity index (χ0v) is 15.8. The molecule has 0 atom stereocenters. The maximum Gasteiger partial charge on any atom is 0.164 e. The highest BCUT2D eigenvalue weighted by Crippen LogP contribution is 2.28. The van der Waals surface area contributed by atoms with E-state index in [4.69, 9.17) is 17.3 Å². The van der Waals surface area contributed by atoms with Crippen LogP contribution in [0.4, 0.5) is 5.82 Å². The minimum atomic E-state index is 0.124. The number of halogens is 1. The fourth-order valence-electron chi connectivity index (χ4n) is 4.27. The van der Waals surface area contributed by atoms with E-state index in [0.717, 1.165) is 12.3 Å². The van der Waals surface area contributed by atoms with Crippen LogP contribution in [0, 0.1) is 11.8 Å². The molecule has 1 saturated heterocycles. The first kappa shape index (κ1) is 18.7. The van der Waals surface area contributed by atoms with Crippen LogP contribution in [0.3, 0.4) is 0 Å². The highest BCUT2D eigenvalue weighted by Gasteiger charge is 2.23. The number of pyridine rings is 1. The normalized spacial score (nSPS) is 20.7. The van der Waals surface area contributed by atoms with Gasteiger partial charge in [-0.05, 0) is 63.1 Å². The number of hydrogen-bond acceptors (Lipinski definition) is 4.